The molecule has 1 amide bonds. The first-order valence-electron chi connectivity index (χ1n) is 8.19. The Morgan fingerprint density at radius 3 is 2.70 bits per heavy atom. The molecule has 2 aromatic carbocycles. The van der Waals surface area contributed by atoms with Crippen molar-refractivity contribution in [1.29, 1.82) is 0 Å². The van der Waals surface area contributed by atoms with Crippen molar-refractivity contribution in [3.05, 3.63) is 71.0 Å². The average molecular weight is 311 g/mol. The van der Waals surface area contributed by atoms with Crippen LogP contribution in [0, 0.1) is 5.82 Å². The molecule has 0 saturated carbocycles. The van der Waals surface area contributed by atoms with E-state index in [2.05, 4.69) is 24.3 Å². The van der Waals surface area contributed by atoms with E-state index in [1.54, 1.807) is 17.0 Å². The second kappa shape index (κ2) is 6.95. The summed E-state index contributed by atoms with van der Waals surface area (Å²) >= 11 is 0. The van der Waals surface area contributed by atoms with Gasteiger partial charge in [-0.3, -0.25) is 4.79 Å². The third kappa shape index (κ3) is 3.79. The maximum Gasteiger partial charge on any atom is 0.222 e. The molecule has 23 heavy (non-hydrogen) atoms. The Labute approximate surface area is 136 Å². The van der Waals surface area contributed by atoms with E-state index < -0.39 is 0 Å². The molecule has 2 aromatic rings. The smallest absolute Gasteiger partial charge is 0.222 e. The third-order valence-corrected chi connectivity index (χ3v) is 4.75. The van der Waals surface area contributed by atoms with E-state index >= 15 is 0 Å². The van der Waals surface area contributed by atoms with Gasteiger partial charge in [0, 0.05) is 20.0 Å². The molecule has 0 bridgehead atoms. The Balaban J connectivity index is 1.53. The predicted molar refractivity (Wildman–Crippen MR) is 89.9 cm³/mol. The number of halogens is 1. The first-order chi connectivity index (χ1) is 11.1. The largest absolute Gasteiger partial charge is 0.345 e. The van der Waals surface area contributed by atoms with E-state index in [4.69, 9.17) is 0 Å². The van der Waals surface area contributed by atoms with Crippen molar-refractivity contribution >= 4 is 5.91 Å². The van der Waals surface area contributed by atoms with E-state index in [1.165, 1.54) is 23.3 Å². The lowest BCUT2D eigenvalue weighted by atomic mass is 9.97. The number of benzene rings is 2. The number of carbonyl (C=O) groups excluding carboxylic acids is 1. The van der Waals surface area contributed by atoms with Crippen molar-refractivity contribution in [3.63, 3.8) is 0 Å². The van der Waals surface area contributed by atoms with Gasteiger partial charge in [-0.2, -0.15) is 0 Å². The third-order valence-electron chi connectivity index (χ3n) is 4.75. The quantitative estimate of drug-likeness (QED) is 0.819. The molecule has 3 rings (SSSR count). The van der Waals surface area contributed by atoms with Crippen LogP contribution >= 0.6 is 0 Å². The highest BCUT2D eigenvalue weighted by Gasteiger charge is 2.25. The van der Waals surface area contributed by atoms with Crippen LogP contribution in [-0.4, -0.2) is 24.4 Å². The highest BCUT2D eigenvalue weighted by molar-refractivity contribution is 5.77. The molecular weight excluding hydrogens is 289 g/mol. The van der Waals surface area contributed by atoms with Crippen LogP contribution in [0.5, 0.6) is 0 Å². The van der Waals surface area contributed by atoms with Gasteiger partial charge in [0.15, 0.2) is 0 Å². The molecule has 0 N–H and O–H groups in total. The zero-order chi connectivity index (χ0) is 16.2. The number of carbonyl (C=O) groups is 1. The number of likely N-dealkylation sites (N-methyl/N-ethyl adjacent to an activating group) is 1. The molecule has 1 atom stereocenters. The van der Waals surface area contributed by atoms with E-state index in [0.717, 1.165) is 24.8 Å². The van der Waals surface area contributed by atoms with Crippen LogP contribution in [0.2, 0.25) is 0 Å². The molecule has 0 fully saturated rings. The van der Waals surface area contributed by atoms with Crippen LogP contribution in [0.1, 0.15) is 35.4 Å². The number of amides is 1. The van der Waals surface area contributed by atoms with Gasteiger partial charge in [-0.1, -0.05) is 36.4 Å². The summed E-state index contributed by atoms with van der Waals surface area (Å²) in [7, 11) is 1.85. The van der Waals surface area contributed by atoms with Gasteiger partial charge in [-0.25, -0.2) is 4.39 Å². The predicted octanol–water partition coefficient (Wildman–Crippen LogP) is 3.95. The summed E-state index contributed by atoms with van der Waals surface area (Å²) in [5, 5.41) is 0. The van der Waals surface area contributed by atoms with E-state index in [1.807, 2.05) is 7.05 Å². The van der Waals surface area contributed by atoms with Gasteiger partial charge in [0.1, 0.15) is 5.82 Å². The maximum atomic E-state index is 12.9. The van der Waals surface area contributed by atoms with Crippen LogP contribution in [0.3, 0.4) is 0 Å². The summed E-state index contributed by atoms with van der Waals surface area (Å²) in [5.41, 5.74) is 3.78. The Morgan fingerprint density at radius 1 is 1.17 bits per heavy atom. The minimum atomic E-state index is -0.224. The average Bonchev–Trinajstić information content (AvgIpc) is 2.97. The normalized spacial score (nSPS) is 16.2. The second-order valence-corrected chi connectivity index (χ2v) is 6.33. The molecule has 0 spiro atoms. The van der Waals surface area contributed by atoms with Crippen LogP contribution in [-0.2, 0) is 17.6 Å². The van der Waals surface area contributed by atoms with Gasteiger partial charge < -0.3 is 4.90 Å². The van der Waals surface area contributed by atoms with Gasteiger partial charge in [0.05, 0.1) is 0 Å². The molecule has 0 saturated heterocycles. The summed E-state index contributed by atoms with van der Waals surface area (Å²) in [6.45, 7) is 0.666. The lowest BCUT2D eigenvalue weighted by molar-refractivity contribution is -0.130. The molecular formula is C20H22FNO. The fraction of sp³-hybridized carbons (Fsp3) is 0.350. The first kappa shape index (κ1) is 15.7. The summed E-state index contributed by atoms with van der Waals surface area (Å²) in [4.78, 5) is 14.2. The Bertz CT molecular complexity index is 680. The van der Waals surface area contributed by atoms with Crippen molar-refractivity contribution in [2.75, 3.05) is 13.6 Å². The molecule has 1 unspecified atom stereocenters. The van der Waals surface area contributed by atoms with Crippen LogP contribution in [0.4, 0.5) is 4.39 Å². The molecule has 1 aliphatic rings. The van der Waals surface area contributed by atoms with Crippen molar-refractivity contribution < 1.29 is 9.18 Å². The van der Waals surface area contributed by atoms with Crippen LogP contribution < -0.4 is 0 Å². The van der Waals surface area contributed by atoms with Gasteiger partial charge >= 0.3 is 0 Å². The monoisotopic (exact) mass is 311 g/mol. The summed E-state index contributed by atoms with van der Waals surface area (Å²) in [5.74, 6) is 0.318. The topological polar surface area (TPSA) is 20.3 Å². The summed E-state index contributed by atoms with van der Waals surface area (Å²) in [6, 6.07) is 14.9. The Hall–Kier alpha value is -2.16. The number of fused-ring (bicyclic) bond motifs is 1. The zero-order valence-corrected chi connectivity index (χ0v) is 13.5. The zero-order valence-electron chi connectivity index (χ0n) is 13.5. The van der Waals surface area contributed by atoms with Crippen molar-refractivity contribution in [3.8, 4) is 0 Å². The lowest BCUT2D eigenvalue weighted by Crippen LogP contribution is -2.29. The minimum Gasteiger partial charge on any atom is -0.345 e. The molecule has 0 aliphatic heterocycles. The maximum absolute atomic E-state index is 12.9. The van der Waals surface area contributed by atoms with Crippen LogP contribution in [0.15, 0.2) is 48.5 Å². The molecule has 1 aliphatic carbocycles. The Kier molecular flexibility index (Phi) is 4.75. The molecule has 0 heterocycles. The molecule has 0 aromatic heterocycles. The number of nitrogens with zero attached hydrogens (tertiary/aromatic N) is 1. The number of hydrogen-bond donors (Lipinski definition) is 0. The van der Waals surface area contributed by atoms with Gasteiger partial charge in [0.25, 0.3) is 0 Å². The summed E-state index contributed by atoms with van der Waals surface area (Å²) in [6.07, 6.45) is 3.48. The van der Waals surface area contributed by atoms with Crippen LogP contribution in [0.25, 0.3) is 0 Å². The Morgan fingerprint density at radius 2 is 1.91 bits per heavy atom. The number of hydrogen-bond acceptors (Lipinski definition) is 1. The molecule has 2 nitrogen and oxygen atoms in total. The summed E-state index contributed by atoms with van der Waals surface area (Å²) < 4.78 is 12.9. The second-order valence-electron chi connectivity index (χ2n) is 6.33. The lowest BCUT2D eigenvalue weighted by Gasteiger charge is -2.20. The fourth-order valence-corrected chi connectivity index (χ4v) is 3.30. The van der Waals surface area contributed by atoms with Crippen molar-refractivity contribution in [2.24, 2.45) is 0 Å². The standard InChI is InChI=1S/C20H22FNO/c1-22(13-12-15-6-10-18(21)11-7-15)20(23)14-17-9-8-16-4-2-3-5-19(16)17/h2-7,10-11,17H,8-9,12-14H2,1H3. The molecule has 3 heteroatoms. The number of rotatable bonds is 5. The van der Waals surface area contributed by atoms with E-state index in [-0.39, 0.29) is 11.7 Å². The number of aryl methyl sites for hydroxylation is 1. The van der Waals surface area contributed by atoms with Gasteiger partial charge in [-0.15, -0.1) is 0 Å². The van der Waals surface area contributed by atoms with E-state index in [9.17, 15) is 9.18 Å². The first-order valence-corrected chi connectivity index (χ1v) is 8.19. The van der Waals surface area contributed by atoms with Gasteiger partial charge in [0.2, 0.25) is 5.91 Å². The SMILES string of the molecule is CN(CCc1ccc(F)cc1)C(=O)CC1CCc2ccccc21. The fourth-order valence-electron chi connectivity index (χ4n) is 3.30. The molecule has 120 valence electrons. The minimum absolute atomic E-state index is 0.189. The van der Waals surface area contributed by atoms with Crippen molar-refractivity contribution in [1.82, 2.24) is 4.90 Å². The highest BCUT2D eigenvalue weighted by atomic mass is 19.1. The van der Waals surface area contributed by atoms with Gasteiger partial charge in [-0.05, 0) is 54.0 Å². The highest BCUT2D eigenvalue weighted by Crippen LogP contribution is 2.35. The van der Waals surface area contributed by atoms with E-state index in [0.29, 0.717) is 18.9 Å². The van der Waals surface area contributed by atoms with Crippen molar-refractivity contribution in [2.45, 2.75) is 31.6 Å². The molecule has 0 radical (unpaired) electrons.